The van der Waals surface area contributed by atoms with Gasteiger partial charge in [-0.15, -0.1) is 0 Å². The molecule has 0 fully saturated rings. The quantitative estimate of drug-likeness (QED) is 0.819. The summed E-state index contributed by atoms with van der Waals surface area (Å²) in [6, 6.07) is 5.97. The van der Waals surface area contributed by atoms with E-state index in [1.807, 2.05) is 24.3 Å². The fourth-order valence-electron chi connectivity index (χ4n) is 2.56. The average molecular weight is 292 g/mol. The molecule has 1 aromatic carbocycles. The van der Waals surface area contributed by atoms with Crippen molar-refractivity contribution in [2.45, 2.75) is 31.5 Å². The Bertz CT molecular complexity index is 532. The van der Waals surface area contributed by atoms with Crippen LogP contribution in [-0.2, 0) is 27.3 Å². The summed E-state index contributed by atoms with van der Waals surface area (Å²) in [6.07, 6.45) is 0.689. The number of carbonyl (C=O) groups is 2. The Kier molecular flexibility index (Phi) is 4.93. The van der Waals surface area contributed by atoms with Gasteiger partial charge in [-0.25, -0.2) is 4.79 Å². The van der Waals surface area contributed by atoms with Crippen molar-refractivity contribution in [1.29, 1.82) is 0 Å². The van der Waals surface area contributed by atoms with E-state index in [2.05, 4.69) is 0 Å². The molecule has 6 nitrogen and oxygen atoms in total. The first kappa shape index (κ1) is 15.5. The number of carboxylic acids is 1. The molecule has 1 amide bonds. The lowest BCUT2D eigenvalue weighted by Crippen LogP contribution is -2.54. The van der Waals surface area contributed by atoms with Crippen molar-refractivity contribution in [1.82, 2.24) is 4.90 Å². The molecule has 1 heterocycles. The van der Waals surface area contributed by atoms with Crippen molar-refractivity contribution >= 4 is 11.9 Å². The molecule has 0 saturated heterocycles. The van der Waals surface area contributed by atoms with Gasteiger partial charge in [0, 0.05) is 26.7 Å². The molecule has 0 aliphatic carbocycles. The van der Waals surface area contributed by atoms with Gasteiger partial charge in [0.05, 0.1) is 6.04 Å². The highest BCUT2D eigenvalue weighted by Gasteiger charge is 2.36. The second kappa shape index (κ2) is 6.69. The standard InChI is InChI=1S/C15H20N2O4/c1-21-7-6-12(16)14(18)17-9-11-5-3-2-4-10(11)8-13(17)15(19)20/h2-5,12-13H,6-9,16H2,1H3,(H,19,20). The van der Waals surface area contributed by atoms with E-state index in [1.54, 1.807) is 0 Å². The second-order valence-corrected chi connectivity index (χ2v) is 5.18. The van der Waals surface area contributed by atoms with Crippen LogP contribution >= 0.6 is 0 Å². The van der Waals surface area contributed by atoms with Crippen molar-refractivity contribution < 1.29 is 19.4 Å². The van der Waals surface area contributed by atoms with Crippen molar-refractivity contribution in [3.63, 3.8) is 0 Å². The number of amides is 1. The van der Waals surface area contributed by atoms with E-state index in [4.69, 9.17) is 10.5 Å². The number of fused-ring (bicyclic) bond motifs is 1. The average Bonchev–Trinajstić information content (AvgIpc) is 2.50. The lowest BCUT2D eigenvalue weighted by atomic mass is 9.93. The monoisotopic (exact) mass is 292 g/mol. The van der Waals surface area contributed by atoms with Crippen LogP contribution in [0.3, 0.4) is 0 Å². The molecule has 0 spiro atoms. The summed E-state index contributed by atoms with van der Waals surface area (Å²) in [5, 5.41) is 9.38. The van der Waals surface area contributed by atoms with Crippen molar-refractivity contribution in [2.24, 2.45) is 5.73 Å². The third-order valence-corrected chi connectivity index (χ3v) is 3.77. The summed E-state index contributed by atoms with van der Waals surface area (Å²) in [5.41, 5.74) is 7.80. The topological polar surface area (TPSA) is 92.9 Å². The first-order chi connectivity index (χ1) is 10.0. The zero-order valence-electron chi connectivity index (χ0n) is 12.0. The third-order valence-electron chi connectivity index (χ3n) is 3.77. The fraction of sp³-hybridized carbons (Fsp3) is 0.467. The van der Waals surface area contributed by atoms with Crippen molar-refractivity contribution in [3.8, 4) is 0 Å². The maximum Gasteiger partial charge on any atom is 0.326 e. The number of rotatable bonds is 5. The van der Waals surface area contributed by atoms with Gasteiger partial charge in [-0.3, -0.25) is 4.79 Å². The van der Waals surface area contributed by atoms with Gasteiger partial charge < -0.3 is 20.5 Å². The Morgan fingerprint density at radius 1 is 1.43 bits per heavy atom. The van der Waals surface area contributed by atoms with Gasteiger partial charge in [0.1, 0.15) is 6.04 Å². The SMILES string of the molecule is COCCC(N)C(=O)N1Cc2ccccc2CC1C(=O)O. The molecule has 0 saturated carbocycles. The van der Waals surface area contributed by atoms with Crippen LogP contribution in [0.1, 0.15) is 17.5 Å². The van der Waals surface area contributed by atoms with Crippen LogP contribution in [0, 0.1) is 0 Å². The zero-order valence-corrected chi connectivity index (χ0v) is 12.0. The molecular weight excluding hydrogens is 272 g/mol. The number of benzene rings is 1. The van der Waals surface area contributed by atoms with Gasteiger partial charge in [0.2, 0.25) is 5.91 Å². The minimum absolute atomic E-state index is 0.284. The van der Waals surface area contributed by atoms with Gasteiger partial charge in [0.25, 0.3) is 0 Å². The molecule has 1 aliphatic rings. The van der Waals surface area contributed by atoms with Gasteiger partial charge in [-0.2, -0.15) is 0 Å². The Balaban J connectivity index is 2.20. The Morgan fingerprint density at radius 3 is 2.71 bits per heavy atom. The molecule has 6 heteroatoms. The summed E-state index contributed by atoms with van der Waals surface area (Å²) >= 11 is 0. The van der Waals surface area contributed by atoms with E-state index in [1.165, 1.54) is 12.0 Å². The molecule has 0 bridgehead atoms. The molecule has 114 valence electrons. The van der Waals surface area contributed by atoms with Gasteiger partial charge in [-0.05, 0) is 17.5 Å². The first-order valence-electron chi connectivity index (χ1n) is 6.89. The lowest BCUT2D eigenvalue weighted by molar-refractivity contribution is -0.152. The largest absolute Gasteiger partial charge is 0.480 e. The summed E-state index contributed by atoms with van der Waals surface area (Å²) in [6.45, 7) is 0.654. The highest BCUT2D eigenvalue weighted by Crippen LogP contribution is 2.24. The van der Waals surface area contributed by atoms with Gasteiger partial charge >= 0.3 is 5.97 Å². The molecule has 0 radical (unpaired) electrons. The molecule has 3 N–H and O–H groups in total. The Labute approximate surface area is 123 Å². The van der Waals surface area contributed by atoms with Crippen molar-refractivity contribution in [3.05, 3.63) is 35.4 Å². The second-order valence-electron chi connectivity index (χ2n) is 5.18. The number of nitrogens with zero attached hydrogens (tertiary/aromatic N) is 1. The third kappa shape index (κ3) is 3.40. The number of ether oxygens (including phenoxy) is 1. The first-order valence-corrected chi connectivity index (χ1v) is 6.89. The van der Waals surface area contributed by atoms with E-state index in [0.717, 1.165) is 11.1 Å². The summed E-state index contributed by atoms with van der Waals surface area (Å²) in [5.74, 6) is -1.34. The molecule has 21 heavy (non-hydrogen) atoms. The van der Waals surface area contributed by atoms with Crippen molar-refractivity contribution in [2.75, 3.05) is 13.7 Å². The summed E-state index contributed by atoms with van der Waals surface area (Å²) in [7, 11) is 1.54. The number of carboxylic acid groups (broad SMARTS) is 1. The van der Waals surface area contributed by atoms with E-state index in [0.29, 0.717) is 19.4 Å². The number of aliphatic carboxylic acids is 1. The summed E-state index contributed by atoms with van der Waals surface area (Å²) in [4.78, 5) is 25.2. The number of nitrogens with two attached hydrogens (primary N) is 1. The smallest absolute Gasteiger partial charge is 0.326 e. The highest BCUT2D eigenvalue weighted by atomic mass is 16.5. The van der Waals surface area contributed by atoms with Crippen LogP contribution < -0.4 is 5.73 Å². The predicted molar refractivity (Wildman–Crippen MR) is 76.6 cm³/mol. The number of carbonyl (C=O) groups excluding carboxylic acids is 1. The Hall–Kier alpha value is -1.92. The minimum Gasteiger partial charge on any atom is -0.480 e. The maximum atomic E-state index is 12.4. The van der Waals surface area contributed by atoms with E-state index in [-0.39, 0.29) is 12.5 Å². The number of methoxy groups -OCH3 is 1. The maximum absolute atomic E-state index is 12.4. The fourth-order valence-corrected chi connectivity index (χ4v) is 2.56. The molecule has 2 atom stereocenters. The van der Waals surface area contributed by atoms with E-state index < -0.39 is 18.1 Å². The Morgan fingerprint density at radius 2 is 2.10 bits per heavy atom. The van der Waals surface area contributed by atoms with E-state index in [9.17, 15) is 14.7 Å². The zero-order chi connectivity index (χ0) is 15.4. The normalized spacial score (nSPS) is 19.0. The van der Waals surface area contributed by atoms with Crippen LogP contribution in [0.15, 0.2) is 24.3 Å². The molecule has 1 aliphatic heterocycles. The van der Waals surface area contributed by atoms with Gasteiger partial charge in [0.15, 0.2) is 0 Å². The van der Waals surface area contributed by atoms with Crippen LogP contribution in [0.4, 0.5) is 0 Å². The van der Waals surface area contributed by atoms with Crippen LogP contribution in [0.2, 0.25) is 0 Å². The molecule has 2 rings (SSSR count). The highest BCUT2D eigenvalue weighted by molar-refractivity contribution is 5.87. The number of hydrogen-bond acceptors (Lipinski definition) is 4. The lowest BCUT2D eigenvalue weighted by Gasteiger charge is -2.35. The van der Waals surface area contributed by atoms with Crippen LogP contribution in [-0.4, -0.2) is 47.7 Å². The molecule has 0 aromatic heterocycles. The number of hydrogen-bond donors (Lipinski definition) is 2. The molecule has 1 aromatic rings. The summed E-state index contributed by atoms with van der Waals surface area (Å²) < 4.78 is 4.91. The van der Waals surface area contributed by atoms with Crippen LogP contribution in [0.5, 0.6) is 0 Å². The van der Waals surface area contributed by atoms with Gasteiger partial charge in [-0.1, -0.05) is 24.3 Å². The van der Waals surface area contributed by atoms with Crippen LogP contribution in [0.25, 0.3) is 0 Å². The molecular formula is C15H20N2O4. The predicted octanol–water partition coefficient (Wildman–Crippen LogP) is 0.388. The minimum atomic E-state index is -1.00. The van der Waals surface area contributed by atoms with E-state index >= 15 is 0 Å². The molecule has 2 unspecified atom stereocenters.